The van der Waals surface area contributed by atoms with Crippen LogP contribution in [0.15, 0.2) is 237 Å². The van der Waals surface area contributed by atoms with Gasteiger partial charge in [0.25, 0.3) is 0 Å². The molecule has 0 amide bonds. The number of nitrogens with zero attached hydrogens (tertiary/aromatic N) is 1. The maximum atomic E-state index is 2.52. The Morgan fingerprint density at radius 3 is 1.56 bits per heavy atom. The average Bonchev–Trinajstić information content (AvgIpc) is 3.67. The highest BCUT2D eigenvalue weighted by atomic mass is 15.1. The smallest absolute Gasteiger partial charge is 0.0714 e. The summed E-state index contributed by atoms with van der Waals surface area (Å²) in [6.07, 6.45) is 4.94. The summed E-state index contributed by atoms with van der Waals surface area (Å²) in [6.45, 7) is 0. The second-order valence-corrected chi connectivity index (χ2v) is 17.5. The van der Waals surface area contributed by atoms with Gasteiger partial charge in [0.15, 0.2) is 0 Å². The van der Waals surface area contributed by atoms with E-state index in [-0.39, 0.29) is 0 Å². The lowest BCUT2D eigenvalue weighted by atomic mass is 9.67. The third-order valence-corrected chi connectivity index (χ3v) is 13.9. The maximum Gasteiger partial charge on any atom is 0.0714 e. The fraction of sp³-hybridized carbons (Fsp3) is 0.0794. The molecule has 0 bridgehead atoms. The first-order chi connectivity index (χ1) is 31.7. The van der Waals surface area contributed by atoms with Crippen molar-refractivity contribution in [3.63, 3.8) is 0 Å². The molecule has 1 heteroatoms. The summed E-state index contributed by atoms with van der Waals surface area (Å²) >= 11 is 0. The molecule has 0 unspecified atom stereocenters. The molecule has 0 fully saturated rings. The first-order valence-electron chi connectivity index (χ1n) is 22.8. The highest BCUT2D eigenvalue weighted by molar-refractivity contribution is 5.97. The maximum absolute atomic E-state index is 2.52. The van der Waals surface area contributed by atoms with Crippen molar-refractivity contribution in [3.8, 4) is 44.5 Å². The van der Waals surface area contributed by atoms with E-state index in [1.807, 2.05) is 0 Å². The highest BCUT2D eigenvalue weighted by Crippen LogP contribution is 2.59. The van der Waals surface area contributed by atoms with E-state index < -0.39 is 5.41 Å². The lowest BCUT2D eigenvalue weighted by Crippen LogP contribution is -2.28. The van der Waals surface area contributed by atoms with E-state index in [1.165, 1.54) is 114 Å². The Hall–Kier alpha value is -7.74. The zero-order chi connectivity index (χ0) is 42.5. The second-order valence-electron chi connectivity index (χ2n) is 17.5. The fourth-order valence-corrected chi connectivity index (χ4v) is 10.8. The Morgan fingerprint density at radius 2 is 0.844 bits per heavy atom. The summed E-state index contributed by atoms with van der Waals surface area (Å²) in [4.78, 5) is 2.47. The van der Waals surface area contributed by atoms with Gasteiger partial charge in [-0.05, 0) is 151 Å². The van der Waals surface area contributed by atoms with E-state index in [1.54, 1.807) is 0 Å². The van der Waals surface area contributed by atoms with Crippen molar-refractivity contribution in [2.75, 3.05) is 4.90 Å². The molecule has 0 aliphatic heterocycles. The number of hydrogen-bond acceptors (Lipinski definition) is 1. The summed E-state index contributed by atoms with van der Waals surface area (Å²) in [7, 11) is 0. The zero-order valence-electron chi connectivity index (χ0n) is 35.8. The Kier molecular flexibility index (Phi) is 9.42. The highest BCUT2D eigenvalue weighted by Gasteiger charge is 2.46. The SMILES string of the molecule is c1ccc(N(c2ccc(-c3ccc4ccccc4c3)cc2)c2cc3c(cc2-c2ccc(-c4ccc5c(c4)CCCC5)cc2)-c2ccccc2C3(c2ccccc2)c2ccccc2)cc1. The van der Waals surface area contributed by atoms with Crippen LogP contribution in [0, 0.1) is 0 Å². The van der Waals surface area contributed by atoms with Crippen molar-refractivity contribution in [2.24, 2.45) is 0 Å². The third kappa shape index (κ3) is 6.39. The molecule has 0 radical (unpaired) electrons. The molecule has 64 heavy (non-hydrogen) atoms. The Bertz CT molecular complexity index is 3250. The monoisotopic (exact) mass is 817 g/mol. The van der Waals surface area contributed by atoms with Crippen LogP contribution in [0.3, 0.4) is 0 Å². The molecule has 1 nitrogen and oxygen atoms in total. The number of fused-ring (bicyclic) bond motifs is 5. The molecule has 304 valence electrons. The predicted molar refractivity (Wildman–Crippen MR) is 269 cm³/mol. The minimum atomic E-state index is -0.541. The standard InChI is InChI=1S/C63H47N/c1-4-20-53(21-5-1)63(54-22-6-2-7-23-54)60-27-15-14-26-57(60)59-42-58(48-32-28-46(29-33-48)51-34-30-44-16-10-12-18-49(44)40-51)62(43-61(59)63)64(55-24-8-3-9-25-55)56-38-36-47(37-39-56)52-35-31-45-17-11-13-19-50(45)41-52/h1-9,11,13-15,17,19-43H,10,12,16,18H2. The summed E-state index contributed by atoms with van der Waals surface area (Å²) in [5.74, 6) is 0. The molecule has 0 saturated heterocycles. The van der Waals surface area contributed by atoms with Crippen LogP contribution in [0.5, 0.6) is 0 Å². The largest absolute Gasteiger partial charge is 0.310 e. The Labute approximate surface area is 376 Å². The quantitative estimate of drug-likeness (QED) is 0.148. The molecule has 12 rings (SSSR count). The number of anilines is 3. The van der Waals surface area contributed by atoms with Crippen LogP contribution in [0.2, 0.25) is 0 Å². The van der Waals surface area contributed by atoms with Crippen molar-refractivity contribution < 1.29 is 0 Å². The van der Waals surface area contributed by atoms with Gasteiger partial charge in [0, 0.05) is 16.9 Å². The van der Waals surface area contributed by atoms with Crippen molar-refractivity contribution in [1.82, 2.24) is 0 Å². The van der Waals surface area contributed by atoms with Gasteiger partial charge in [-0.2, -0.15) is 0 Å². The van der Waals surface area contributed by atoms with Crippen LogP contribution in [-0.4, -0.2) is 0 Å². The molecule has 10 aromatic carbocycles. The molecule has 0 atom stereocenters. The van der Waals surface area contributed by atoms with Gasteiger partial charge >= 0.3 is 0 Å². The van der Waals surface area contributed by atoms with Crippen molar-refractivity contribution in [2.45, 2.75) is 31.1 Å². The van der Waals surface area contributed by atoms with Gasteiger partial charge in [-0.3, -0.25) is 0 Å². The van der Waals surface area contributed by atoms with Crippen LogP contribution >= 0.6 is 0 Å². The zero-order valence-corrected chi connectivity index (χ0v) is 35.8. The van der Waals surface area contributed by atoms with E-state index >= 15 is 0 Å². The minimum Gasteiger partial charge on any atom is -0.310 e. The molecule has 0 heterocycles. The van der Waals surface area contributed by atoms with Crippen molar-refractivity contribution in [3.05, 3.63) is 270 Å². The summed E-state index contributed by atoms with van der Waals surface area (Å²) in [5, 5.41) is 2.50. The van der Waals surface area contributed by atoms with Crippen molar-refractivity contribution in [1.29, 1.82) is 0 Å². The van der Waals surface area contributed by atoms with Crippen LogP contribution < -0.4 is 4.90 Å². The molecule has 0 aromatic heterocycles. The average molecular weight is 818 g/mol. The van der Waals surface area contributed by atoms with Gasteiger partial charge in [-0.25, -0.2) is 0 Å². The summed E-state index contributed by atoms with van der Waals surface area (Å²) in [5.41, 5.74) is 20.8. The molecule has 0 spiro atoms. The predicted octanol–water partition coefficient (Wildman–Crippen LogP) is 16.6. The number of benzene rings is 10. The van der Waals surface area contributed by atoms with Crippen LogP contribution in [0.1, 0.15) is 46.2 Å². The second kappa shape index (κ2) is 15.9. The van der Waals surface area contributed by atoms with E-state index in [9.17, 15) is 0 Å². The van der Waals surface area contributed by atoms with E-state index in [0.29, 0.717) is 0 Å². The normalized spacial score (nSPS) is 13.5. The molecule has 0 N–H and O–H groups in total. The lowest BCUT2D eigenvalue weighted by molar-refractivity contribution is 0.686. The lowest BCUT2D eigenvalue weighted by Gasteiger charge is -2.35. The number of hydrogen-bond donors (Lipinski definition) is 0. The van der Waals surface area contributed by atoms with Gasteiger partial charge in [0.1, 0.15) is 0 Å². The molecular weight excluding hydrogens is 771 g/mol. The molecule has 0 saturated carbocycles. The molecule has 10 aromatic rings. The van der Waals surface area contributed by atoms with Crippen molar-refractivity contribution >= 4 is 27.8 Å². The molecule has 2 aliphatic carbocycles. The van der Waals surface area contributed by atoms with Crippen LogP contribution in [0.4, 0.5) is 17.1 Å². The van der Waals surface area contributed by atoms with E-state index in [0.717, 1.165) is 17.1 Å². The topological polar surface area (TPSA) is 3.24 Å². The Morgan fingerprint density at radius 1 is 0.312 bits per heavy atom. The third-order valence-electron chi connectivity index (χ3n) is 13.9. The van der Waals surface area contributed by atoms with Gasteiger partial charge < -0.3 is 4.90 Å². The number of para-hydroxylation sites is 1. The minimum absolute atomic E-state index is 0.541. The van der Waals surface area contributed by atoms with Gasteiger partial charge in [-0.1, -0.05) is 194 Å². The van der Waals surface area contributed by atoms with Crippen LogP contribution in [0.25, 0.3) is 55.3 Å². The molecular formula is C63H47N. The van der Waals surface area contributed by atoms with Gasteiger partial charge in [-0.15, -0.1) is 0 Å². The number of rotatable bonds is 8. The fourth-order valence-electron chi connectivity index (χ4n) is 10.8. The van der Waals surface area contributed by atoms with E-state index in [4.69, 9.17) is 0 Å². The number of aryl methyl sites for hydroxylation is 2. The summed E-state index contributed by atoms with van der Waals surface area (Å²) in [6, 6.07) is 88.2. The Balaban J connectivity index is 1.09. The molecule has 2 aliphatic rings. The van der Waals surface area contributed by atoms with Gasteiger partial charge in [0.2, 0.25) is 0 Å². The first kappa shape index (κ1) is 38.0. The van der Waals surface area contributed by atoms with Crippen LogP contribution in [-0.2, 0) is 18.3 Å². The first-order valence-corrected chi connectivity index (χ1v) is 22.8. The van der Waals surface area contributed by atoms with Gasteiger partial charge in [0.05, 0.1) is 11.1 Å². The van der Waals surface area contributed by atoms with E-state index in [2.05, 4.69) is 241 Å². The summed E-state index contributed by atoms with van der Waals surface area (Å²) < 4.78 is 0.